The Balaban J connectivity index is 2.06. The molecule has 0 unspecified atom stereocenters. The summed E-state index contributed by atoms with van der Waals surface area (Å²) < 4.78 is 19.1. The molecule has 3 nitrogen and oxygen atoms in total. The molecule has 1 aliphatic heterocycles. The Kier molecular flexibility index (Phi) is 5.22. The van der Waals surface area contributed by atoms with Crippen molar-refractivity contribution in [2.45, 2.75) is 58.6 Å². The van der Waals surface area contributed by atoms with Crippen molar-refractivity contribution in [2.75, 3.05) is 13.2 Å². The zero-order valence-corrected chi connectivity index (χ0v) is 14.0. The Labute approximate surface area is 132 Å². The molecule has 1 saturated heterocycles. The zero-order chi connectivity index (χ0) is 16.3. The van der Waals surface area contributed by atoms with Crippen LogP contribution in [0.1, 0.15) is 44.7 Å². The molecule has 0 aromatic heterocycles. The van der Waals surface area contributed by atoms with E-state index in [1.165, 1.54) is 6.07 Å². The molecule has 1 aliphatic rings. The van der Waals surface area contributed by atoms with Crippen molar-refractivity contribution in [1.82, 2.24) is 4.90 Å². The lowest BCUT2D eigenvalue weighted by molar-refractivity contribution is -0.139. The van der Waals surface area contributed by atoms with Gasteiger partial charge in [0.25, 0.3) is 0 Å². The lowest BCUT2D eigenvalue weighted by atomic mass is 9.92. The molecule has 1 heterocycles. The van der Waals surface area contributed by atoms with E-state index in [2.05, 4.69) is 13.8 Å². The van der Waals surface area contributed by atoms with E-state index in [9.17, 15) is 9.18 Å². The van der Waals surface area contributed by atoms with Gasteiger partial charge in [-0.3, -0.25) is 4.79 Å². The number of hydrogen-bond donors (Lipinski definition) is 0. The second kappa shape index (κ2) is 6.78. The van der Waals surface area contributed by atoms with Crippen LogP contribution in [0.15, 0.2) is 18.2 Å². The molecule has 22 heavy (non-hydrogen) atoms. The van der Waals surface area contributed by atoms with Crippen LogP contribution >= 0.6 is 0 Å². The summed E-state index contributed by atoms with van der Waals surface area (Å²) in [5.74, 6) is -0.120. The third-order valence-electron chi connectivity index (χ3n) is 4.35. The molecule has 1 aromatic carbocycles. The molecule has 0 N–H and O–H groups in total. The summed E-state index contributed by atoms with van der Waals surface area (Å²) in [5.41, 5.74) is 1.28. The number of hydrogen-bond acceptors (Lipinski definition) is 2. The number of amides is 1. The number of rotatable bonds is 4. The fraction of sp³-hybridized carbons (Fsp3) is 0.611. The van der Waals surface area contributed by atoms with E-state index in [1.807, 2.05) is 11.8 Å². The van der Waals surface area contributed by atoms with Crippen LogP contribution in [-0.2, 0) is 16.0 Å². The first kappa shape index (κ1) is 16.9. The van der Waals surface area contributed by atoms with Crippen molar-refractivity contribution in [3.63, 3.8) is 0 Å². The minimum atomic E-state index is -0.227. The number of halogens is 1. The maximum atomic E-state index is 13.3. The number of carbonyl (C=O) groups is 1. The highest BCUT2D eigenvalue weighted by molar-refractivity contribution is 5.79. The van der Waals surface area contributed by atoms with E-state index in [4.69, 9.17) is 4.74 Å². The maximum Gasteiger partial charge on any atom is 0.227 e. The van der Waals surface area contributed by atoms with Gasteiger partial charge in [-0.15, -0.1) is 0 Å². The highest BCUT2D eigenvalue weighted by Crippen LogP contribution is 2.27. The van der Waals surface area contributed by atoms with Crippen LogP contribution in [0.25, 0.3) is 0 Å². The zero-order valence-electron chi connectivity index (χ0n) is 14.0. The highest BCUT2D eigenvalue weighted by Gasteiger charge is 2.33. The van der Waals surface area contributed by atoms with Crippen LogP contribution in [0.4, 0.5) is 4.39 Å². The summed E-state index contributed by atoms with van der Waals surface area (Å²) in [4.78, 5) is 14.6. The Morgan fingerprint density at radius 2 is 2.18 bits per heavy atom. The van der Waals surface area contributed by atoms with E-state index >= 15 is 0 Å². The Bertz CT molecular complexity index is 542. The summed E-state index contributed by atoms with van der Waals surface area (Å²) in [6, 6.07) is 5.12. The second-order valence-corrected chi connectivity index (χ2v) is 6.69. The molecule has 4 heteroatoms. The molecule has 0 aliphatic carbocycles. The van der Waals surface area contributed by atoms with Crippen LogP contribution in [0.2, 0.25) is 0 Å². The molecular formula is C18H26FNO2. The molecule has 0 radical (unpaired) electrons. The van der Waals surface area contributed by atoms with E-state index in [0.29, 0.717) is 25.1 Å². The standard InChI is InChI=1S/C18H26FNO2/c1-5-20(15-8-9-22-18(3,4)12-15)17(21)11-14-6-7-16(19)13(2)10-14/h6-7,10,15H,5,8-9,11-12H2,1-4H3/t15-/m0/s1. The molecule has 1 amide bonds. The molecule has 2 rings (SSSR count). The first-order chi connectivity index (χ1) is 10.3. The molecule has 0 bridgehead atoms. The lowest BCUT2D eigenvalue weighted by Gasteiger charge is -2.41. The predicted molar refractivity (Wildman–Crippen MR) is 85.3 cm³/mol. The SMILES string of the molecule is CCN(C(=O)Cc1ccc(F)c(C)c1)[C@H]1CCOC(C)(C)C1. The van der Waals surface area contributed by atoms with Gasteiger partial charge >= 0.3 is 0 Å². The van der Waals surface area contributed by atoms with Gasteiger partial charge in [-0.25, -0.2) is 4.39 Å². The van der Waals surface area contributed by atoms with Crippen molar-refractivity contribution >= 4 is 5.91 Å². The molecule has 122 valence electrons. The van der Waals surface area contributed by atoms with Gasteiger partial charge in [-0.2, -0.15) is 0 Å². The number of nitrogens with zero attached hydrogens (tertiary/aromatic N) is 1. The van der Waals surface area contributed by atoms with Gasteiger partial charge in [0.05, 0.1) is 12.0 Å². The van der Waals surface area contributed by atoms with Gasteiger partial charge in [0.2, 0.25) is 5.91 Å². The van der Waals surface area contributed by atoms with Crippen LogP contribution in [-0.4, -0.2) is 35.6 Å². The Hall–Kier alpha value is -1.42. The summed E-state index contributed by atoms with van der Waals surface area (Å²) in [6.07, 6.45) is 2.06. The summed E-state index contributed by atoms with van der Waals surface area (Å²) in [6.45, 7) is 9.26. The minimum absolute atomic E-state index is 0.108. The largest absolute Gasteiger partial charge is 0.375 e. The first-order valence-electron chi connectivity index (χ1n) is 8.01. The topological polar surface area (TPSA) is 29.5 Å². The number of likely N-dealkylation sites (N-methyl/N-ethyl adjacent to an activating group) is 1. The van der Waals surface area contributed by atoms with Gasteiger partial charge in [0.15, 0.2) is 0 Å². The third-order valence-corrected chi connectivity index (χ3v) is 4.35. The highest BCUT2D eigenvalue weighted by atomic mass is 19.1. The quantitative estimate of drug-likeness (QED) is 0.852. The van der Waals surface area contributed by atoms with E-state index < -0.39 is 0 Å². The average Bonchev–Trinajstić information content (AvgIpc) is 2.43. The van der Waals surface area contributed by atoms with Crippen molar-refractivity contribution in [2.24, 2.45) is 0 Å². The van der Waals surface area contributed by atoms with E-state index in [1.54, 1.807) is 19.1 Å². The van der Waals surface area contributed by atoms with Gasteiger partial charge in [0.1, 0.15) is 5.82 Å². The maximum absolute atomic E-state index is 13.3. The number of ether oxygens (including phenoxy) is 1. The van der Waals surface area contributed by atoms with Gasteiger partial charge in [-0.1, -0.05) is 12.1 Å². The van der Waals surface area contributed by atoms with Crippen molar-refractivity contribution in [3.8, 4) is 0 Å². The van der Waals surface area contributed by atoms with Crippen molar-refractivity contribution in [3.05, 3.63) is 35.1 Å². The molecule has 1 atom stereocenters. The number of carbonyl (C=O) groups excluding carboxylic acids is 1. The lowest BCUT2D eigenvalue weighted by Crippen LogP contribution is -2.48. The molecule has 0 saturated carbocycles. The normalized spacial score (nSPS) is 20.7. The van der Waals surface area contributed by atoms with Crippen LogP contribution in [0.5, 0.6) is 0 Å². The average molecular weight is 307 g/mol. The van der Waals surface area contributed by atoms with Gasteiger partial charge in [0, 0.05) is 19.2 Å². The monoisotopic (exact) mass is 307 g/mol. The summed E-state index contributed by atoms with van der Waals surface area (Å²) in [7, 11) is 0. The van der Waals surface area contributed by atoms with Crippen LogP contribution < -0.4 is 0 Å². The minimum Gasteiger partial charge on any atom is -0.375 e. The Morgan fingerprint density at radius 3 is 2.77 bits per heavy atom. The van der Waals surface area contributed by atoms with Crippen LogP contribution in [0.3, 0.4) is 0 Å². The van der Waals surface area contributed by atoms with E-state index in [0.717, 1.165) is 18.4 Å². The van der Waals surface area contributed by atoms with Crippen LogP contribution in [0, 0.1) is 12.7 Å². The third kappa shape index (κ3) is 4.07. The van der Waals surface area contributed by atoms with Gasteiger partial charge in [-0.05, 0) is 57.7 Å². The van der Waals surface area contributed by atoms with Crippen molar-refractivity contribution < 1.29 is 13.9 Å². The summed E-state index contributed by atoms with van der Waals surface area (Å²) >= 11 is 0. The molecule has 1 aromatic rings. The van der Waals surface area contributed by atoms with Gasteiger partial charge < -0.3 is 9.64 Å². The fourth-order valence-electron chi connectivity index (χ4n) is 3.20. The number of aryl methyl sites for hydroxylation is 1. The first-order valence-corrected chi connectivity index (χ1v) is 8.01. The summed E-state index contributed by atoms with van der Waals surface area (Å²) in [5, 5.41) is 0. The molecule has 1 fully saturated rings. The Morgan fingerprint density at radius 1 is 1.45 bits per heavy atom. The number of benzene rings is 1. The molecule has 0 spiro atoms. The second-order valence-electron chi connectivity index (χ2n) is 6.69. The predicted octanol–water partition coefficient (Wildman–Crippen LogP) is 3.48. The van der Waals surface area contributed by atoms with Crippen molar-refractivity contribution in [1.29, 1.82) is 0 Å². The fourth-order valence-corrected chi connectivity index (χ4v) is 3.20. The van der Waals surface area contributed by atoms with E-state index in [-0.39, 0.29) is 23.4 Å². The smallest absolute Gasteiger partial charge is 0.227 e. The molecular weight excluding hydrogens is 281 g/mol.